The van der Waals surface area contributed by atoms with E-state index in [9.17, 15) is 4.79 Å². The third kappa shape index (κ3) is 3.83. The molecule has 0 unspecified atom stereocenters. The Kier molecular flexibility index (Phi) is 5.36. The van der Waals surface area contributed by atoms with Gasteiger partial charge in [0.1, 0.15) is 5.15 Å². The molecule has 0 radical (unpaired) electrons. The number of ether oxygens (including phenoxy) is 1. The summed E-state index contributed by atoms with van der Waals surface area (Å²) in [7, 11) is 1.50. The van der Waals surface area contributed by atoms with E-state index in [0.29, 0.717) is 5.88 Å². The van der Waals surface area contributed by atoms with E-state index in [4.69, 9.17) is 16.3 Å². The molecule has 1 aliphatic heterocycles. The van der Waals surface area contributed by atoms with Gasteiger partial charge in [0.05, 0.1) is 12.5 Å². The minimum Gasteiger partial charge on any atom is -0.481 e. The monoisotopic (exact) mass is 312 g/mol. The molecular weight excluding hydrogens is 292 g/mol. The van der Waals surface area contributed by atoms with Gasteiger partial charge in [-0.15, -0.1) is 0 Å². The van der Waals surface area contributed by atoms with Gasteiger partial charge in [0.25, 0.3) is 0 Å². The Labute approximate surface area is 129 Å². The van der Waals surface area contributed by atoms with Crippen LogP contribution in [0, 0.1) is 5.41 Å². The molecule has 21 heavy (non-hydrogen) atoms. The highest BCUT2D eigenvalue weighted by atomic mass is 35.5. The summed E-state index contributed by atoms with van der Waals surface area (Å²) in [5.74, 6) is 0.494. The molecule has 2 N–H and O–H groups in total. The number of hydrogen-bond acceptors (Lipinski definition) is 5. The maximum atomic E-state index is 12.7. The van der Waals surface area contributed by atoms with Gasteiger partial charge in [-0.25, -0.2) is 4.98 Å². The van der Waals surface area contributed by atoms with Gasteiger partial charge in [-0.3, -0.25) is 10.1 Å². The van der Waals surface area contributed by atoms with Gasteiger partial charge in [-0.2, -0.15) is 4.98 Å². The van der Waals surface area contributed by atoms with Crippen LogP contribution in [-0.4, -0.2) is 36.1 Å². The molecule has 1 saturated heterocycles. The van der Waals surface area contributed by atoms with E-state index in [1.807, 2.05) is 0 Å². The normalized spacial score (nSPS) is 17.3. The van der Waals surface area contributed by atoms with E-state index >= 15 is 0 Å². The van der Waals surface area contributed by atoms with Crippen molar-refractivity contribution in [3.05, 3.63) is 11.2 Å². The van der Waals surface area contributed by atoms with Crippen LogP contribution in [0.1, 0.15) is 32.6 Å². The van der Waals surface area contributed by atoms with Gasteiger partial charge in [-0.05, 0) is 32.4 Å². The van der Waals surface area contributed by atoms with E-state index in [0.717, 1.165) is 38.8 Å². The summed E-state index contributed by atoms with van der Waals surface area (Å²) >= 11 is 5.90. The number of nitrogens with zero attached hydrogens (tertiary/aromatic N) is 2. The first-order valence-electron chi connectivity index (χ1n) is 7.20. The Bertz CT molecular complexity index is 498. The lowest BCUT2D eigenvalue weighted by atomic mass is 9.74. The predicted octanol–water partition coefficient (Wildman–Crippen LogP) is 2.25. The van der Waals surface area contributed by atoms with E-state index in [1.165, 1.54) is 13.2 Å². The van der Waals surface area contributed by atoms with Crippen molar-refractivity contribution in [3.63, 3.8) is 0 Å². The van der Waals surface area contributed by atoms with Crippen LogP contribution in [0.3, 0.4) is 0 Å². The third-order valence-corrected chi connectivity index (χ3v) is 4.07. The Morgan fingerprint density at radius 2 is 2.19 bits per heavy atom. The maximum absolute atomic E-state index is 12.7. The first kappa shape index (κ1) is 16.0. The Morgan fingerprint density at radius 1 is 1.48 bits per heavy atom. The van der Waals surface area contributed by atoms with Gasteiger partial charge in [0, 0.05) is 6.07 Å². The lowest BCUT2D eigenvalue weighted by Crippen LogP contribution is -2.45. The predicted molar refractivity (Wildman–Crippen MR) is 81.7 cm³/mol. The molecule has 0 aliphatic carbocycles. The van der Waals surface area contributed by atoms with Crippen LogP contribution < -0.4 is 15.4 Å². The molecule has 0 atom stereocenters. The number of nitrogens with one attached hydrogen (secondary N) is 2. The van der Waals surface area contributed by atoms with Gasteiger partial charge < -0.3 is 10.1 Å². The Morgan fingerprint density at radius 3 is 2.81 bits per heavy atom. The number of halogens is 1. The average molecular weight is 313 g/mol. The highest BCUT2D eigenvalue weighted by Crippen LogP contribution is 2.35. The third-order valence-electron chi connectivity index (χ3n) is 3.88. The minimum absolute atomic E-state index is 0.0323. The Hall–Kier alpha value is -1.40. The SMILES string of the molecule is CCCC1(C(=O)Nc2nc(Cl)cc(OC)n2)CCNCC1. The summed E-state index contributed by atoms with van der Waals surface area (Å²) in [4.78, 5) is 20.8. The molecule has 1 aromatic rings. The van der Waals surface area contributed by atoms with Crippen LogP contribution in [0.5, 0.6) is 5.88 Å². The fourth-order valence-electron chi connectivity index (χ4n) is 2.77. The molecule has 116 valence electrons. The smallest absolute Gasteiger partial charge is 0.234 e. The molecule has 1 aromatic heterocycles. The van der Waals surface area contributed by atoms with Crippen LogP contribution in [-0.2, 0) is 4.79 Å². The Balaban J connectivity index is 2.16. The molecule has 1 aliphatic rings. The number of carbonyl (C=O) groups is 1. The van der Waals surface area contributed by atoms with Crippen molar-refractivity contribution < 1.29 is 9.53 Å². The van der Waals surface area contributed by atoms with E-state index in [-0.39, 0.29) is 22.4 Å². The molecule has 0 spiro atoms. The molecule has 2 heterocycles. The largest absolute Gasteiger partial charge is 0.481 e. The molecule has 6 nitrogen and oxygen atoms in total. The van der Waals surface area contributed by atoms with Crippen LogP contribution in [0.15, 0.2) is 6.07 Å². The van der Waals surface area contributed by atoms with Gasteiger partial charge in [-0.1, -0.05) is 24.9 Å². The number of rotatable bonds is 5. The minimum atomic E-state index is -0.348. The quantitative estimate of drug-likeness (QED) is 0.816. The number of methoxy groups -OCH3 is 1. The molecule has 0 saturated carbocycles. The molecule has 2 rings (SSSR count). The van der Waals surface area contributed by atoms with Gasteiger partial charge in [0.2, 0.25) is 17.7 Å². The number of carbonyl (C=O) groups excluding carboxylic acids is 1. The summed E-state index contributed by atoms with van der Waals surface area (Å²) in [5.41, 5.74) is -0.348. The summed E-state index contributed by atoms with van der Waals surface area (Å²) in [6.45, 7) is 3.80. The number of anilines is 1. The maximum Gasteiger partial charge on any atom is 0.234 e. The number of hydrogen-bond donors (Lipinski definition) is 2. The standard InChI is InChI=1S/C14H21ClN4O2/c1-3-4-14(5-7-16-8-6-14)12(20)19-13-17-10(15)9-11(18-13)21-2/h9,16H,3-8H2,1-2H3,(H,17,18,19,20). The van der Waals surface area contributed by atoms with Crippen LogP contribution in [0.2, 0.25) is 5.15 Å². The van der Waals surface area contributed by atoms with Crippen molar-refractivity contribution in [1.29, 1.82) is 0 Å². The van der Waals surface area contributed by atoms with Crippen molar-refractivity contribution in [2.75, 3.05) is 25.5 Å². The second-order valence-corrected chi connectivity index (χ2v) is 5.68. The molecule has 0 aromatic carbocycles. The zero-order chi connectivity index (χ0) is 15.3. The second kappa shape index (κ2) is 7.04. The van der Waals surface area contributed by atoms with Crippen molar-refractivity contribution in [1.82, 2.24) is 15.3 Å². The second-order valence-electron chi connectivity index (χ2n) is 5.29. The zero-order valence-corrected chi connectivity index (χ0v) is 13.2. The number of piperidine rings is 1. The van der Waals surface area contributed by atoms with Crippen molar-refractivity contribution in [2.24, 2.45) is 5.41 Å². The highest BCUT2D eigenvalue weighted by Gasteiger charge is 2.38. The number of amides is 1. The van der Waals surface area contributed by atoms with Crippen molar-refractivity contribution >= 4 is 23.5 Å². The summed E-state index contributed by atoms with van der Waals surface area (Å²) in [5, 5.41) is 6.33. The van der Waals surface area contributed by atoms with E-state index < -0.39 is 0 Å². The summed E-state index contributed by atoms with van der Waals surface area (Å²) in [6.07, 6.45) is 3.47. The van der Waals surface area contributed by atoms with Crippen molar-refractivity contribution in [3.8, 4) is 5.88 Å². The summed E-state index contributed by atoms with van der Waals surface area (Å²) < 4.78 is 5.04. The highest BCUT2D eigenvalue weighted by molar-refractivity contribution is 6.29. The lowest BCUT2D eigenvalue weighted by molar-refractivity contribution is -0.127. The molecule has 0 bridgehead atoms. The van der Waals surface area contributed by atoms with E-state index in [1.54, 1.807) is 0 Å². The lowest BCUT2D eigenvalue weighted by Gasteiger charge is -2.35. The molecular formula is C14H21ClN4O2. The fraction of sp³-hybridized carbons (Fsp3) is 0.643. The van der Waals surface area contributed by atoms with E-state index in [2.05, 4.69) is 27.5 Å². The molecule has 1 fully saturated rings. The molecule has 1 amide bonds. The van der Waals surface area contributed by atoms with Crippen molar-refractivity contribution in [2.45, 2.75) is 32.6 Å². The number of aromatic nitrogens is 2. The van der Waals surface area contributed by atoms with Crippen LogP contribution >= 0.6 is 11.6 Å². The topological polar surface area (TPSA) is 76.1 Å². The van der Waals surface area contributed by atoms with Gasteiger partial charge >= 0.3 is 0 Å². The average Bonchev–Trinajstić information content (AvgIpc) is 2.47. The van der Waals surface area contributed by atoms with Crippen LogP contribution in [0.25, 0.3) is 0 Å². The first-order valence-corrected chi connectivity index (χ1v) is 7.58. The molecule has 7 heteroatoms. The fourth-order valence-corrected chi connectivity index (χ4v) is 2.94. The van der Waals surface area contributed by atoms with Gasteiger partial charge in [0.15, 0.2) is 0 Å². The summed E-state index contributed by atoms with van der Waals surface area (Å²) in [6, 6.07) is 1.50. The van der Waals surface area contributed by atoms with Crippen LogP contribution in [0.4, 0.5) is 5.95 Å². The first-order chi connectivity index (χ1) is 10.1. The zero-order valence-electron chi connectivity index (χ0n) is 12.4.